The van der Waals surface area contributed by atoms with Gasteiger partial charge in [-0.3, -0.25) is 4.90 Å². The van der Waals surface area contributed by atoms with Crippen LogP contribution in [-0.4, -0.2) is 40.1 Å². The molecule has 2 N–H and O–H groups in total. The van der Waals surface area contributed by atoms with Gasteiger partial charge in [0.2, 0.25) is 0 Å². The molecule has 1 aromatic carbocycles. The molecule has 0 bridgehead atoms. The Bertz CT molecular complexity index is 438. The number of carboxylic acid groups (broad SMARTS) is 2. The molecular weight excluding hydrogens is 270 g/mol. The van der Waals surface area contributed by atoms with Crippen LogP contribution in [0.3, 0.4) is 0 Å². The predicted octanol–water partition coefficient (Wildman–Crippen LogP) is 2.39. The van der Waals surface area contributed by atoms with E-state index in [1.54, 1.807) is 0 Å². The van der Waals surface area contributed by atoms with Crippen molar-refractivity contribution in [1.82, 2.24) is 4.90 Å². The molecule has 0 radical (unpaired) electrons. The summed E-state index contributed by atoms with van der Waals surface area (Å²) in [5.74, 6) is -3.65. The lowest BCUT2D eigenvalue weighted by atomic mass is 10.1. The van der Waals surface area contributed by atoms with Crippen LogP contribution in [-0.2, 0) is 22.6 Å². The molecule has 0 unspecified atom stereocenters. The number of nitrogens with zero attached hydrogens (tertiary/aromatic N) is 1. The van der Waals surface area contributed by atoms with E-state index >= 15 is 0 Å². The third kappa shape index (κ3) is 6.90. The summed E-state index contributed by atoms with van der Waals surface area (Å²) in [6, 6.07) is 9.10. The quantitative estimate of drug-likeness (QED) is 0.837. The van der Waals surface area contributed by atoms with Gasteiger partial charge < -0.3 is 10.2 Å². The molecule has 0 aliphatic carbocycles. The van der Waals surface area contributed by atoms with E-state index in [1.165, 1.54) is 43.5 Å². The maximum atomic E-state index is 9.10. The van der Waals surface area contributed by atoms with E-state index < -0.39 is 11.9 Å². The van der Waals surface area contributed by atoms with Gasteiger partial charge in [0.25, 0.3) is 0 Å². The molecule has 1 aliphatic rings. The standard InChI is InChI=1S/C14H21N.C2H2O4/c1-2-13-6-8-14(9-7-13)12-15-10-4-3-5-11-15;3-1(4)2(5)6/h6-9H,2-5,10-12H2,1H3;(H,3,4)(H,5,6). The van der Waals surface area contributed by atoms with Crippen LogP contribution in [0.2, 0.25) is 0 Å². The van der Waals surface area contributed by atoms with Gasteiger partial charge in [0, 0.05) is 6.54 Å². The minimum atomic E-state index is -1.82. The number of hydrogen-bond donors (Lipinski definition) is 2. The molecule has 0 spiro atoms. The fourth-order valence-corrected chi connectivity index (χ4v) is 2.26. The predicted molar refractivity (Wildman–Crippen MR) is 80.2 cm³/mol. The fraction of sp³-hybridized carbons (Fsp3) is 0.500. The minimum absolute atomic E-state index is 1.14. The Labute approximate surface area is 125 Å². The van der Waals surface area contributed by atoms with E-state index in [4.69, 9.17) is 19.8 Å². The van der Waals surface area contributed by atoms with Crippen LogP contribution in [0.15, 0.2) is 24.3 Å². The molecule has 2 rings (SSSR count). The van der Waals surface area contributed by atoms with Crippen molar-refractivity contribution >= 4 is 11.9 Å². The lowest BCUT2D eigenvalue weighted by molar-refractivity contribution is -0.159. The lowest BCUT2D eigenvalue weighted by Crippen LogP contribution is -2.29. The average Bonchev–Trinajstić information content (AvgIpc) is 2.49. The van der Waals surface area contributed by atoms with E-state index in [2.05, 4.69) is 36.1 Å². The minimum Gasteiger partial charge on any atom is -0.473 e. The Balaban J connectivity index is 0.000000315. The first-order chi connectivity index (χ1) is 10.0. The second-order valence-electron chi connectivity index (χ2n) is 5.12. The van der Waals surface area contributed by atoms with Crippen molar-refractivity contribution in [1.29, 1.82) is 0 Å². The van der Waals surface area contributed by atoms with Gasteiger partial charge in [-0.15, -0.1) is 0 Å². The number of aryl methyl sites for hydroxylation is 1. The van der Waals surface area contributed by atoms with Crippen LogP contribution >= 0.6 is 0 Å². The van der Waals surface area contributed by atoms with Gasteiger partial charge in [-0.2, -0.15) is 0 Å². The van der Waals surface area contributed by atoms with Crippen LogP contribution in [0.5, 0.6) is 0 Å². The van der Waals surface area contributed by atoms with Crippen molar-refractivity contribution in [2.45, 2.75) is 39.2 Å². The van der Waals surface area contributed by atoms with Crippen LogP contribution in [0.25, 0.3) is 0 Å². The monoisotopic (exact) mass is 293 g/mol. The van der Waals surface area contributed by atoms with Crippen LogP contribution < -0.4 is 0 Å². The number of hydrogen-bond acceptors (Lipinski definition) is 3. The molecule has 0 aromatic heterocycles. The smallest absolute Gasteiger partial charge is 0.414 e. The molecule has 116 valence electrons. The van der Waals surface area contributed by atoms with Crippen LogP contribution in [0.4, 0.5) is 0 Å². The summed E-state index contributed by atoms with van der Waals surface area (Å²) in [6.45, 7) is 5.93. The maximum Gasteiger partial charge on any atom is 0.414 e. The van der Waals surface area contributed by atoms with Crippen molar-refractivity contribution in [3.8, 4) is 0 Å². The molecule has 1 saturated heterocycles. The zero-order valence-corrected chi connectivity index (χ0v) is 12.4. The normalized spacial score (nSPS) is 14.9. The van der Waals surface area contributed by atoms with Crippen molar-refractivity contribution in [3.63, 3.8) is 0 Å². The van der Waals surface area contributed by atoms with Gasteiger partial charge in [0.1, 0.15) is 0 Å². The number of rotatable bonds is 3. The zero-order valence-electron chi connectivity index (χ0n) is 12.4. The highest BCUT2D eigenvalue weighted by molar-refractivity contribution is 6.27. The van der Waals surface area contributed by atoms with Gasteiger partial charge in [-0.25, -0.2) is 9.59 Å². The molecule has 0 atom stereocenters. The SMILES string of the molecule is CCc1ccc(CN2CCCCC2)cc1.O=C(O)C(=O)O. The highest BCUT2D eigenvalue weighted by atomic mass is 16.4. The molecule has 1 heterocycles. The topological polar surface area (TPSA) is 77.8 Å². The molecule has 5 nitrogen and oxygen atoms in total. The second kappa shape index (κ2) is 9.13. The first-order valence-electron chi connectivity index (χ1n) is 7.29. The van der Waals surface area contributed by atoms with Crippen LogP contribution in [0, 0.1) is 0 Å². The third-order valence-corrected chi connectivity index (χ3v) is 3.47. The molecular formula is C16H23NO4. The van der Waals surface area contributed by atoms with Crippen molar-refractivity contribution in [2.24, 2.45) is 0 Å². The summed E-state index contributed by atoms with van der Waals surface area (Å²) in [7, 11) is 0. The summed E-state index contributed by atoms with van der Waals surface area (Å²) < 4.78 is 0. The Morgan fingerprint density at radius 3 is 1.86 bits per heavy atom. The first kappa shape index (κ1) is 17.2. The summed E-state index contributed by atoms with van der Waals surface area (Å²) in [5, 5.41) is 14.8. The molecule has 21 heavy (non-hydrogen) atoms. The summed E-state index contributed by atoms with van der Waals surface area (Å²) in [6.07, 6.45) is 5.33. The Morgan fingerprint density at radius 1 is 0.952 bits per heavy atom. The van der Waals surface area contributed by atoms with E-state index in [0.29, 0.717) is 0 Å². The number of aliphatic carboxylic acids is 2. The maximum absolute atomic E-state index is 9.10. The van der Waals surface area contributed by atoms with Crippen LogP contribution in [0.1, 0.15) is 37.3 Å². The number of likely N-dealkylation sites (tertiary alicyclic amines) is 1. The Morgan fingerprint density at radius 2 is 1.43 bits per heavy atom. The second-order valence-corrected chi connectivity index (χ2v) is 5.12. The fourth-order valence-electron chi connectivity index (χ4n) is 2.26. The largest absolute Gasteiger partial charge is 0.473 e. The lowest BCUT2D eigenvalue weighted by Gasteiger charge is -2.26. The molecule has 0 amide bonds. The Hall–Kier alpha value is -1.88. The molecule has 0 saturated carbocycles. The first-order valence-corrected chi connectivity index (χ1v) is 7.29. The third-order valence-electron chi connectivity index (χ3n) is 3.47. The van der Waals surface area contributed by atoms with Gasteiger partial charge in [-0.1, -0.05) is 37.6 Å². The van der Waals surface area contributed by atoms with E-state index in [9.17, 15) is 0 Å². The molecule has 1 aromatic rings. The van der Waals surface area contributed by atoms with Crippen molar-refractivity contribution < 1.29 is 19.8 Å². The van der Waals surface area contributed by atoms with E-state index in [-0.39, 0.29) is 0 Å². The molecule has 1 fully saturated rings. The summed E-state index contributed by atoms with van der Waals surface area (Å²) in [4.78, 5) is 20.8. The van der Waals surface area contributed by atoms with Gasteiger partial charge in [-0.05, 0) is 43.5 Å². The van der Waals surface area contributed by atoms with E-state index in [1.807, 2.05) is 0 Å². The molecule has 1 aliphatic heterocycles. The number of benzene rings is 1. The van der Waals surface area contributed by atoms with Gasteiger partial charge in [0.05, 0.1) is 0 Å². The highest BCUT2D eigenvalue weighted by Crippen LogP contribution is 2.13. The Kier molecular flexibility index (Phi) is 7.46. The van der Waals surface area contributed by atoms with Crippen molar-refractivity contribution in [2.75, 3.05) is 13.1 Å². The average molecular weight is 293 g/mol. The molecule has 5 heteroatoms. The van der Waals surface area contributed by atoms with Gasteiger partial charge >= 0.3 is 11.9 Å². The summed E-state index contributed by atoms with van der Waals surface area (Å²) in [5.41, 5.74) is 2.91. The highest BCUT2D eigenvalue weighted by Gasteiger charge is 2.09. The van der Waals surface area contributed by atoms with Gasteiger partial charge in [0.15, 0.2) is 0 Å². The number of piperidine rings is 1. The van der Waals surface area contributed by atoms with E-state index in [0.717, 1.165) is 13.0 Å². The number of carboxylic acids is 2. The van der Waals surface area contributed by atoms with Crippen molar-refractivity contribution in [3.05, 3.63) is 35.4 Å². The number of carbonyl (C=O) groups is 2. The summed E-state index contributed by atoms with van der Waals surface area (Å²) >= 11 is 0. The zero-order chi connectivity index (χ0) is 15.7.